The molecule has 12 aromatic carbocycles. The fourth-order valence-electron chi connectivity index (χ4n) is 12.2. The Bertz CT molecular complexity index is 4140. The molecule has 1 atom stereocenters. The average molecular weight is 850 g/mol. The third-order valence-electron chi connectivity index (χ3n) is 15.0. The van der Waals surface area contributed by atoms with Crippen LogP contribution in [0.5, 0.6) is 0 Å². The molecule has 2 nitrogen and oxygen atoms in total. The van der Waals surface area contributed by atoms with Gasteiger partial charge in [0.2, 0.25) is 0 Å². The van der Waals surface area contributed by atoms with Crippen molar-refractivity contribution in [1.29, 1.82) is 0 Å². The minimum atomic E-state index is -0.630. The van der Waals surface area contributed by atoms with E-state index in [1.807, 2.05) is 6.07 Å². The molecule has 0 radical (unpaired) electrons. The molecular formula is C65H39NO. The third kappa shape index (κ3) is 4.99. The predicted molar refractivity (Wildman–Crippen MR) is 279 cm³/mol. The molecule has 67 heavy (non-hydrogen) atoms. The van der Waals surface area contributed by atoms with Crippen LogP contribution in [0.3, 0.4) is 0 Å². The molecule has 1 spiro atoms. The molecule has 13 aromatic rings. The van der Waals surface area contributed by atoms with Crippen molar-refractivity contribution in [1.82, 2.24) is 0 Å². The number of hydrogen-bond acceptors (Lipinski definition) is 2. The Morgan fingerprint density at radius 3 is 1.69 bits per heavy atom. The zero-order valence-electron chi connectivity index (χ0n) is 36.4. The highest BCUT2D eigenvalue weighted by Gasteiger charge is 2.50. The quantitative estimate of drug-likeness (QED) is 0.164. The van der Waals surface area contributed by atoms with Crippen molar-refractivity contribution in [2.24, 2.45) is 0 Å². The van der Waals surface area contributed by atoms with Gasteiger partial charge in [-0.25, -0.2) is 0 Å². The summed E-state index contributed by atoms with van der Waals surface area (Å²) in [5.41, 5.74) is 19.4. The van der Waals surface area contributed by atoms with Crippen molar-refractivity contribution in [2.75, 3.05) is 4.90 Å². The molecule has 0 bridgehead atoms. The van der Waals surface area contributed by atoms with E-state index in [-0.39, 0.29) is 0 Å². The molecule has 0 saturated carbocycles. The van der Waals surface area contributed by atoms with E-state index >= 15 is 0 Å². The zero-order valence-corrected chi connectivity index (χ0v) is 36.4. The molecule has 0 N–H and O–H groups in total. The van der Waals surface area contributed by atoms with Crippen LogP contribution in [0.25, 0.3) is 98.8 Å². The first-order chi connectivity index (χ1) is 33.2. The fourth-order valence-corrected chi connectivity index (χ4v) is 12.2. The van der Waals surface area contributed by atoms with E-state index < -0.39 is 5.41 Å². The van der Waals surface area contributed by atoms with Gasteiger partial charge < -0.3 is 9.32 Å². The second-order valence-electron chi connectivity index (χ2n) is 18.3. The van der Waals surface area contributed by atoms with Crippen molar-refractivity contribution in [2.45, 2.75) is 5.41 Å². The maximum absolute atomic E-state index is 6.56. The average Bonchev–Trinajstić information content (AvgIpc) is 3.88. The third-order valence-corrected chi connectivity index (χ3v) is 15.0. The molecule has 0 aliphatic heterocycles. The SMILES string of the molecule is c1ccc(-c2ccc(N(c3ccc4c(c3)-c3ccccc3-c3ccccc3C43c4ccccc4-c4c3cc3ccc5cccc6ccc4c3c56)c3ccc4c(c3)oc3ccccc34)cc2)cc1. The maximum Gasteiger partial charge on any atom is 0.137 e. The lowest BCUT2D eigenvalue weighted by Gasteiger charge is -2.36. The fraction of sp³-hybridized carbons (Fsp3) is 0.0154. The van der Waals surface area contributed by atoms with Crippen molar-refractivity contribution in [3.63, 3.8) is 0 Å². The predicted octanol–water partition coefficient (Wildman–Crippen LogP) is 17.6. The van der Waals surface area contributed by atoms with E-state index in [1.54, 1.807) is 0 Å². The van der Waals surface area contributed by atoms with Gasteiger partial charge in [0.05, 0.1) is 5.41 Å². The summed E-state index contributed by atoms with van der Waals surface area (Å²) in [5.74, 6) is 0. The first-order valence-electron chi connectivity index (χ1n) is 23.2. The maximum atomic E-state index is 6.56. The van der Waals surface area contributed by atoms with E-state index in [9.17, 15) is 0 Å². The number of benzene rings is 12. The van der Waals surface area contributed by atoms with Gasteiger partial charge >= 0.3 is 0 Å². The number of anilines is 3. The lowest BCUT2D eigenvalue weighted by molar-refractivity contribution is 0.669. The Balaban J connectivity index is 1.03. The number of furan rings is 1. The first-order valence-corrected chi connectivity index (χ1v) is 23.2. The van der Waals surface area contributed by atoms with Crippen molar-refractivity contribution >= 4 is 71.3 Å². The largest absolute Gasteiger partial charge is 0.456 e. The van der Waals surface area contributed by atoms with Gasteiger partial charge in [-0.05, 0) is 148 Å². The van der Waals surface area contributed by atoms with E-state index in [0.717, 1.165) is 39.0 Å². The van der Waals surface area contributed by atoms with Gasteiger partial charge in [0.15, 0.2) is 0 Å². The Labute approximate surface area is 387 Å². The molecule has 15 rings (SSSR count). The van der Waals surface area contributed by atoms with Crippen LogP contribution in [0.15, 0.2) is 241 Å². The normalized spacial score (nSPS) is 14.6. The van der Waals surface area contributed by atoms with Crippen molar-refractivity contribution in [3.8, 4) is 44.5 Å². The summed E-state index contributed by atoms with van der Waals surface area (Å²) in [6.45, 7) is 0. The summed E-state index contributed by atoms with van der Waals surface area (Å²) in [6, 6.07) is 88.0. The van der Waals surface area contributed by atoms with Gasteiger partial charge in [-0.15, -0.1) is 0 Å². The summed E-state index contributed by atoms with van der Waals surface area (Å²) in [6.07, 6.45) is 0. The van der Waals surface area contributed by atoms with Crippen LogP contribution in [0.2, 0.25) is 0 Å². The topological polar surface area (TPSA) is 16.4 Å². The van der Waals surface area contributed by atoms with Gasteiger partial charge in [0.25, 0.3) is 0 Å². The van der Waals surface area contributed by atoms with Crippen LogP contribution in [-0.2, 0) is 5.41 Å². The molecule has 1 aromatic heterocycles. The number of fused-ring (bicyclic) bond motifs is 16. The summed E-state index contributed by atoms with van der Waals surface area (Å²) in [7, 11) is 0. The van der Waals surface area contributed by atoms with E-state index in [0.29, 0.717) is 0 Å². The molecule has 2 aliphatic carbocycles. The zero-order chi connectivity index (χ0) is 43.8. The smallest absolute Gasteiger partial charge is 0.137 e. The lowest BCUT2D eigenvalue weighted by Crippen LogP contribution is -2.29. The van der Waals surface area contributed by atoms with Crippen molar-refractivity contribution in [3.05, 3.63) is 259 Å². The Kier molecular flexibility index (Phi) is 7.46. The van der Waals surface area contributed by atoms with Crippen LogP contribution < -0.4 is 4.90 Å². The standard InChI is InChI=1S/C65H39NO/c1-2-13-40(14-3-1)41-27-30-45(31-28-41)66(47-32-35-52-51-20-8-11-24-60(51)67-61(52)39-47)46-33-36-58-55(38-46)49-18-5-4-17-48(49)50-19-6-9-22-56(50)65(58)57-23-10-7-21-53(57)64-54-34-29-43-16-12-15-42-25-26-44(37-59(64)65)63(54)62(42)43/h1-39H. The van der Waals surface area contributed by atoms with E-state index in [4.69, 9.17) is 4.42 Å². The van der Waals surface area contributed by atoms with Gasteiger partial charge in [-0.2, -0.15) is 0 Å². The number of hydrogen-bond donors (Lipinski definition) is 0. The van der Waals surface area contributed by atoms with E-state index in [2.05, 4.69) is 235 Å². The highest BCUT2D eigenvalue weighted by atomic mass is 16.3. The molecule has 0 fully saturated rings. The second-order valence-corrected chi connectivity index (χ2v) is 18.3. The van der Waals surface area contributed by atoms with E-state index in [1.165, 1.54) is 99.1 Å². The lowest BCUT2D eigenvalue weighted by atomic mass is 9.65. The highest BCUT2D eigenvalue weighted by Crippen LogP contribution is 2.63. The van der Waals surface area contributed by atoms with Crippen LogP contribution >= 0.6 is 0 Å². The molecule has 2 heteroatoms. The van der Waals surface area contributed by atoms with Gasteiger partial charge in [-0.3, -0.25) is 0 Å². The second kappa shape index (κ2) is 13.7. The molecule has 310 valence electrons. The Hall–Kier alpha value is -8.72. The van der Waals surface area contributed by atoms with Crippen LogP contribution in [-0.4, -0.2) is 0 Å². The van der Waals surface area contributed by atoms with Crippen LogP contribution in [0, 0.1) is 0 Å². The van der Waals surface area contributed by atoms with Crippen molar-refractivity contribution < 1.29 is 4.42 Å². The summed E-state index contributed by atoms with van der Waals surface area (Å²) >= 11 is 0. The van der Waals surface area contributed by atoms with Crippen LogP contribution in [0.4, 0.5) is 17.1 Å². The molecule has 0 saturated heterocycles. The highest BCUT2D eigenvalue weighted by molar-refractivity contribution is 6.27. The molecule has 1 heterocycles. The monoisotopic (exact) mass is 849 g/mol. The number of para-hydroxylation sites is 1. The molecule has 1 unspecified atom stereocenters. The molecule has 0 amide bonds. The minimum absolute atomic E-state index is 0.630. The molecule has 2 aliphatic rings. The summed E-state index contributed by atoms with van der Waals surface area (Å²) in [4.78, 5) is 2.40. The molecular weight excluding hydrogens is 811 g/mol. The van der Waals surface area contributed by atoms with Gasteiger partial charge in [0, 0.05) is 33.9 Å². The van der Waals surface area contributed by atoms with Crippen LogP contribution in [0.1, 0.15) is 22.3 Å². The summed E-state index contributed by atoms with van der Waals surface area (Å²) < 4.78 is 6.56. The Morgan fingerprint density at radius 1 is 0.299 bits per heavy atom. The minimum Gasteiger partial charge on any atom is -0.456 e. The number of nitrogens with zero attached hydrogens (tertiary/aromatic N) is 1. The number of rotatable bonds is 4. The van der Waals surface area contributed by atoms with Gasteiger partial charge in [0.1, 0.15) is 11.2 Å². The Morgan fingerprint density at radius 2 is 0.866 bits per heavy atom. The van der Waals surface area contributed by atoms with Gasteiger partial charge in [-0.1, -0.05) is 182 Å². The summed E-state index contributed by atoms with van der Waals surface area (Å²) in [5, 5.41) is 10.1. The first kappa shape index (κ1) is 36.6.